The predicted molar refractivity (Wildman–Crippen MR) is 138 cm³/mol. The number of primary sulfonamides is 1. The molecule has 11 heteroatoms. The number of hydrogen-bond acceptors (Lipinski definition) is 7. The monoisotopic (exact) mass is 508 g/mol. The fraction of sp³-hybridized carbons (Fsp3) is 0.440. The summed E-state index contributed by atoms with van der Waals surface area (Å²) in [6.45, 7) is 5.54. The standard InChI is InChI=1S/C25H32N8O2S/c1-2-22(26)33-11-9-16(10-12-33)13-19-7-8-21(18-5-3-17(4-6-18)20-14-28-15-20)23(24(19)36(27,34)35)25-29-31-32-30-25/h3-8,16,20,26,28H,2,9-15H2,1H3,(H2,27,34,35)(H,29,30,31,32). The highest BCUT2D eigenvalue weighted by molar-refractivity contribution is 7.89. The number of nitrogens with zero attached hydrogens (tertiary/aromatic N) is 4. The molecule has 10 nitrogen and oxygen atoms in total. The third-order valence-corrected chi connectivity index (χ3v) is 8.44. The molecule has 5 N–H and O–H groups in total. The summed E-state index contributed by atoms with van der Waals surface area (Å²) in [4.78, 5) is 2.17. The lowest BCUT2D eigenvalue weighted by Crippen LogP contribution is -2.39. The molecule has 0 spiro atoms. The summed E-state index contributed by atoms with van der Waals surface area (Å²) >= 11 is 0. The topological polar surface area (TPSA) is 154 Å². The van der Waals surface area contributed by atoms with E-state index in [0.29, 0.717) is 47.2 Å². The molecular weight excluding hydrogens is 476 g/mol. The molecule has 0 atom stereocenters. The smallest absolute Gasteiger partial charge is 0.239 e. The molecule has 2 fully saturated rings. The van der Waals surface area contributed by atoms with Gasteiger partial charge >= 0.3 is 0 Å². The molecular formula is C25H32N8O2S. The van der Waals surface area contributed by atoms with Crippen LogP contribution in [0.2, 0.25) is 0 Å². The van der Waals surface area contributed by atoms with E-state index in [9.17, 15) is 8.42 Å². The van der Waals surface area contributed by atoms with Crippen molar-refractivity contribution in [1.29, 1.82) is 5.41 Å². The van der Waals surface area contributed by atoms with Crippen LogP contribution in [0.3, 0.4) is 0 Å². The molecule has 1 aromatic heterocycles. The van der Waals surface area contributed by atoms with Gasteiger partial charge in [-0.3, -0.25) is 5.41 Å². The van der Waals surface area contributed by atoms with E-state index in [4.69, 9.17) is 10.5 Å². The lowest BCUT2D eigenvalue weighted by molar-refractivity contribution is 0.260. The highest BCUT2D eigenvalue weighted by atomic mass is 32.2. The third kappa shape index (κ3) is 4.91. The van der Waals surface area contributed by atoms with E-state index in [1.807, 2.05) is 31.2 Å². The maximum atomic E-state index is 13.0. The van der Waals surface area contributed by atoms with Crippen molar-refractivity contribution in [2.75, 3.05) is 26.2 Å². The number of sulfonamides is 1. The fourth-order valence-corrected chi connectivity index (χ4v) is 6.25. The quantitative estimate of drug-likeness (QED) is 0.282. The molecule has 190 valence electrons. The van der Waals surface area contributed by atoms with E-state index in [0.717, 1.165) is 44.6 Å². The minimum absolute atomic E-state index is 0.0670. The Balaban J connectivity index is 1.53. The van der Waals surface area contributed by atoms with Gasteiger partial charge in [0.25, 0.3) is 0 Å². The molecule has 0 saturated carbocycles. The predicted octanol–water partition coefficient (Wildman–Crippen LogP) is 2.51. The Hall–Kier alpha value is -3.15. The first-order chi connectivity index (χ1) is 17.3. The minimum atomic E-state index is -4.09. The fourth-order valence-electron chi connectivity index (χ4n) is 5.24. The maximum absolute atomic E-state index is 13.0. The molecule has 3 heterocycles. The molecule has 0 unspecified atom stereocenters. The zero-order valence-corrected chi connectivity index (χ0v) is 21.2. The van der Waals surface area contributed by atoms with Gasteiger partial charge in [-0.15, -0.1) is 10.2 Å². The van der Waals surface area contributed by atoms with Crippen molar-refractivity contribution in [2.45, 2.75) is 43.4 Å². The molecule has 0 amide bonds. The molecule has 3 aromatic rings. The summed E-state index contributed by atoms with van der Waals surface area (Å²) < 4.78 is 26.0. The second-order valence-electron chi connectivity index (χ2n) is 9.67. The Morgan fingerprint density at radius 2 is 1.86 bits per heavy atom. The zero-order valence-electron chi connectivity index (χ0n) is 20.4. The van der Waals surface area contributed by atoms with Crippen LogP contribution in [0.1, 0.15) is 43.2 Å². The van der Waals surface area contributed by atoms with Crippen molar-refractivity contribution in [1.82, 2.24) is 30.8 Å². The van der Waals surface area contributed by atoms with Crippen molar-refractivity contribution in [3.63, 3.8) is 0 Å². The summed E-state index contributed by atoms with van der Waals surface area (Å²) in [6, 6.07) is 12.0. The first-order valence-corrected chi connectivity index (χ1v) is 14.0. The highest BCUT2D eigenvalue weighted by Crippen LogP contribution is 2.39. The number of aromatic nitrogens is 4. The number of nitrogens with two attached hydrogens (primary N) is 1. The van der Waals surface area contributed by atoms with Gasteiger partial charge in [-0.2, -0.15) is 5.21 Å². The Morgan fingerprint density at radius 1 is 1.14 bits per heavy atom. The molecule has 0 bridgehead atoms. The van der Waals surface area contributed by atoms with Crippen LogP contribution in [0, 0.1) is 11.3 Å². The molecule has 0 radical (unpaired) electrons. The number of benzene rings is 2. The average molecular weight is 509 g/mol. The van der Waals surface area contributed by atoms with Crippen LogP contribution in [0.5, 0.6) is 0 Å². The van der Waals surface area contributed by atoms with E-state index in [-0.39, 0.29) is 10.7 Å². The van der Waals surface area contributed by atoms with Gasteiger partial charge in [-0.1, -0.05) is 43.3 Å². The van der Waals surface area contributed by atoms with Crippen LogP contribution < -0.4 is 10.5 Å². The number of amidine groups is 1. The van der Waals surface area contributed by atoms with Gasteiger partial charge in [0.15, 0.2) is 0 Å². The number of rotatable bonds is 7. The number of H-pyrrole nitrogens is 1. The molecule has 36 heavy (non-hydrogen) atoms. The average Bonchev–Trinajstić information content (AvgIpc) is 3.37. The normalized spacial score (nSPS) is 17.2. The van der Waals surface area contributed by atoms with Crippen molar-refractivity contribution < 1.29 is 8.42 Å². The van der Waals surface area contributed by atoms with Crippen LogP contribution in [0.4, 0.5) is 0 Å². The van der Waals surface area contributed by atoms with E-state index in [2.05, 4.69) is 43.0 Å². The first kappa shape index (κ1) is 24.5. The third-order valence-electron chi connectivity index (χ3n) is 7.41. The van der Waals surface area contributed by atoms with Gasteiger partial charge < -0.3 is 10.2 Å². The molecule has 2 aliphatic rings. The Morgan fingerprint density at radius 3 is 2.42 bits per heavy atom. The number of aromatic amines is 1. The second kappa shape index (κ2) is 10.1. The lowest BCUT2D eigenvalue weighted by Gasteiger charge is -2.34. The van der Waals surface area contributed by atoms with Crippen LogP contribution in [0.25, 0.3) is 22.5 Å². The first-order valence-electron chi connectivity index (χ1n) is 12.4. The zero-order chi connectivity index (χ0) is 25.3. The summed E-state index contributed by atoms with van der Waals surface area (Å²) in [5.41, 5.74) is 3.88. The molecule has 2 saturated heterocycles. The van der Waals surface area contributed by atoms with E-state index >= 15 is 0 Å². The Bertz CT molecular complexity index is 1330. The van der Waals surface area contributed by atoms with Crippen molar-refractivity contribution in [3.05, 3.63) is 47.5 Å². The Labute approximate surface area is 211 Å². The van der Waals surface area contributed by atoms with Crippen LogP contribution in [-0.4, -0.2) is 66.0 Å². The summed E-state index contributed by atoms with van der Waals surface area (Å²) in [5, 5.41) is 31.6. The number of likely N-dealkylation sites (tertiary alicyclic amines) is 1. The largest absolute Gasteiger partial charge is 0.361 e. The van der Waals surface area contributed by atoms with Crippen LogP contribution >= 0.6 is 0 Å². The van der Waals surface area contributed by atoms with Gasteiger partial charge in [-0.25, -0.2) is 13.6 Å². The van der Waals surface area contributed by atoms with Crippen molar-refractivity contribution in [2.24, 2.45) is 11.1 Å². The summed E-state index contributed by atoms with van der Waals surface area (Å²) in [6.07, 6.45) is 3.08. The van der Waals surface area contributed by atoms with Crippen LogP contribution in [-0.2, 0) is 16.4 Å². The summed E-state index contributed by atoms with van der Waals surface area (Å²) in [7, 11) is -4.09. The van der Waals surface area contributed by atoms with Crippen molar-refractivity contribution >= 4 is 15.9 Å². The van der Waals surface area contributed by atoms with Gasteiger partial charge in [0.05, 0.1) is 16.3 Å². The lowest BCUT2D eigenvalue weighted by atomic mass is 9.87. The molecule has 2 aromatic carbocycles. The van der Waals surface area contributed by atoms with E-state index in [1.165, 1.54) is 5.56 Å². The number of piperidine rings is 1. The second-order valence-corrected chi connectivity index (χ2v) is 11.2. The van der Waals surface area contributed by atoms with Crippen LogP contribution in [0.15, 0.2) is 41.3 Å². The highest BCUT2D eigenvalue weighted by Gasteiger charge is 2.29. The maximum Gasteiger partial charge on any atom is 0.239 e. The minimum Gasteiger partial charge on any atom is -0.361 e. The summed E-state index contributed by atoms with van der Waals surface area (Å²) in [5.74, 6) is 1.66. The van der Waals surface area contributed by atoms with Gasteiger partial charge in [-0.05, 0) is 52.6 Å². The number of hydrogen-bond donors (Lipinski definition) is 4. The number of tetrazole rings is 1. The molecule has 0 aliphatic carbocycles. The SMILES string of the molecule is CCC(=N)N1CCC(Cc2ccc(-c3ccc(C4CNC4)cc3)c(-c3nn[nH]n3)c2S(N)(=O)=O)CC1. The van der Waals surface area contributed by atoms with Gasteiger partial charge in [0, 0.05) is 38.5 Å². The van der Waals surface area contributed by atoms with Gasteiger partial charge in [0.1, 0.15) is 0 Å². The van der Waals surface area contributed by atoms with E-state index in [1.54, 1.807) is 0 Å². The Kier molecular flexibility index (Phi) is 6.87. The molecule has 5 rings (SSSR count). The number of nitrogens with one attached hydrogen (secondary N) is 3. The van der Waals surface area contributed by atoms with Gasteiger partial charge in [0.2, 0.25) is 15.8 Å². The van der Waals surface area contributed by atoms with Crippen molar-refractivity contribution in [3.8, 4) is 22.5 Å². The molecule has 2 aliphatic heterocycles. The van der Waals surface area contributed by atoms with E-state index < -0.39 is 10.0 Å².